The first kappa shape index (κ1) is 18.0. The zero-order valence-electron chi connectivity index (χ0n) is 14.8. The van der Waals surface area contributed by atoms with Crippen LogP contribution in [-0.2, 0) is 9.53 Å². The number of fused-ring (bicyclic) bond motifs is 1. The van der Waals surface area contributed by atoms with Crippen molar-refractivity contribution in [2.24, 2.45) is 10.9 Å². The highest BCUT2D eigenvalue weighted by atomic mass is 16.6. The zero-order chi connectivity index (χ0) is 17.9. The number of amides is 2. The molecular formula is C18H25N3O3. The Labute approximate surface area is 142 Å². The van der Waals surface area contributed by atoms with Crippen molar-refractivity contribution < 1.29 is 14.3 Å². The average molecular weight is 331 g/mol. The van der Waals surface area contributed by atoms with Gasteiger partial charge in [0.05, 0.1) is 0 Å². The molecular weight excluding hydrogens is 306 g/mol. The number of aliphatic imine (C=N–C) groups is 1. The third kappa shape index (κ3) is 4.81. The van der Waals surface area contributed by atoms with E-state index in [4.69, 9.17) is 4.74 Å². The zero-order valence-corrected chi connectivity index (χ0v) is 14.8. The lowest BCUT2D eigenvalue weighted by Gasteiger charge is -2.21. The van der Waals surface area contributed by atoms with Crippen LogP contribution in [0.2, 0.25) is 0 Å². The van der Waals surface area contributed by atoms with E-state index in [9.17, 15) is 9.59 Å². The summed E-state index contributed by atoms with van der Waals surface area (Å²) in [5, 5.41) is 5.36. The van der Waals surface area contributed by atoms with Crippen LogP contribution in [0.25, 0.3) is 0 Å². The molecule has 1 aliphatic rings. The number of para-hydroxylation sites is 1. The number of hydrogen-bond acceptors (Lipinski definition) is 4. The molecule has 0 radical (unpaired) electrons. The van der Waals surface area contributed by atoms with Crippen molar-refractivity contribution in [2.75, 3.05) is 5.32 Å². The lowest BCUT2D eigenvalue weighted by atomic mass is 9.99. The van der Waals surface area contributed by atoms with Crippen LogP contribution < -0.4 is 10.6 Å². The molecule has 1 aliphatic heterocycles. The Morgan fingerprint density at radius 1 is 1.33 bits per heavy atom. The van der Waals surface area contributed by atoms with E-state index in [1.165, 1.54) is 0 Å². The molecule has 0 unspecified atom stereocenters. The second-order valence-electron chi connectivity index (χ2n) is 7.26. The number of benzene rings is 1. The van der Waals surface area contributed by atoms with Crippen LogP contribution in [0.1, 0.15) is 46.6 Å². The van der Waals surface area contributed by atoms with E-state index in [-0.39, 0.29) is 5.91 Å². The molecule has 24 heavy (non-hydrogen) atoms. The predicted molar refractivity (Wildman–Crippen MR) is 94.2 cm³/mol. The van der Waals surface area contributed by atoms with Crippen molar-refractivity contribution in [3.8, 4) is 0 Å². The summed E-state index contributed by atoms with van der Waals surface area (Å²) >= 11 is 0. The Bertz CT molecular complexity index is 660. The standard InChI is InChI=1S/C18H25N3O3/c1-11(2)10-14-12-8-6-7-9-13(12)20-16(22)15(19-14)21-17(23)24-18(3,4)5/h6-9,11,15H,10H2,1-5H3,(H,20,22)(H,21,23)/t15-/m1/s1. The summed E-state index contributed by atoms with van der Waals surface area (Å²) in [6.07, 6.45) is -0.972. The van der Waals surface area contributed by atoms with Crippen LogP contribution in [0.4, 0.5) is 10.5 Å². The fraction of sp³-hybridized carbons (Fsp3) is 0.500. The third-order valence-electron chi connectivity index (χ3n) is 3.28. The van der Waals surface area contributed by atoms with Gasteiger partial charge in [-0.25, -0.2) is 4.79 Å². The first-order chi connectivity index (χ1) is 11.2. The summed E-state index contributed by atoms with van der Waals surface area (Å²) in [6, 6.07) is 7.52. The number of ether oxygens (including phenoxy) is 1. The van der Waals surface area contributed by atoms with Gasteiger partial charge < -0.3 is 10.1 Å². The first-order valence-corrected chi connectivity index (χ1v) is 8.12. The smallest absolute Gasteiger partial charge is 0.409 e. The largest absolute Gasteiger partial charge is 0.444 e. The molecule has 0 saturated heterocycles. The molecule has 0 aliphatic carbocycles. The molecule has 0 aromatic heterocycles. The molecule has 6 nitrogen and oxygen atoms in total. The van der Waals surface area contributed by atoms with E-state index in [0.29, 0.717) is 18.0 Å². The molecule has 6 heteroatoms. The van der Waals surface area contributed by atoms with Crippen molar-refractivity contribution in [1.29, 1.82) is 0 Å². The van der Waals surface area contributed by atoms with Gasteiger partial charge in [-0.3, -0.25) is 15.1 Å². The van der Waals surface area contributed by atoms with Gasteiger partial charge in [0, 0.05) is 17.0 Å². The van der Waals surface area contributed by atoms with Crippen LogP contribution in [0.15, 0.2) is 29.3 Å². The van der Waals surface area contributed by atoms with E-state index < -0.39 is 17.9 Å². The summed E-state index contributed by atoms with van der Waals surface area (Å²) in [5.74, 6) is -0.0146. The average Bonchev–Trinajstić information content (AvgIpc) is 2.54. The number of carbonyl (C=O) groups is 2. The van der Waals surface area contributed by atoms with Crippen LogP contribution in [0, 0.1) is 5.92 Å². The Kier molecular flexibility index (Phi) is 5.26. The quantitative estimate of drug-likeness (QED) is 0.891. The Hall–Kier alpha value is -2.37. The summed E-state index contributed by atoms with van der Waals surface area (Å²) in [6.45, 7) is 9.47. The highest BCUT2D eigenvalue weighted by Crippen LogP contribution is 2.23. The van der Waals surface area contributed by atoms with Crippen molar-refractivity contribution in [3.63, 3.8) is 0 Å². The van der Waals surface area contributed by atoms with Crippen LogP contribution in [0.3, 0.4) is 0 Å². The Balaban J connectivity index is 2.29. The number of nitrogens with one attached hydrogen (secondary N) is 2. The van der Waals surface area contributed by atoms with E-state index in [0.717, 1.165) is 11.3 Å². The topological polar surface area (TPSA) is 79.8 Å². The number of nitrogens with zero attached hydrogens (tertiary/aromatic N) is 1. The highest BCUT2D eigenvalue weighted by Gasteiger charge is 2.28. The molecule has 1 aromatic rings. The molecule has 1 heterocycles. The Morgan fingerprint density at radius 3 is 2.62 bits per heavy atom. The van der Waals surface area contributed by atoms with E-state index in [1.807, 2.05) is 24.3 Å². The van der Waals surface area contributed by atoms with E-state index >= 15 is 0 Å². The van der Waals surface area contributed by atoms with Gasteiger partial charge in [-0.2, -0.15) is 0 Å². The van der Waals surface area contributed by atoms with Crippen LogP contribution >= 0.6 is 0 Å². The lowest BCUT2D eigenvalue weighted by molar-refractivity contribution is -0.118. The van der Waals surface area contributed by atoms with Crippen LogP contribution in [-0.4, -0.2) is 29.5 Å². The van der Waals surface area contributed by atoms with Gasteiger partial charge in [0.25, 0.3) is 5.91 Å². The fourth-order valence-corrected chi connectivity index (χ4v) is 2.40. The van der Waals surface area contributed by atoms with Crippen molar-refractivity contribution in [2.45, 2.75) is 52.8 Å². The van der Waals surface area contributed by atoms with E-state index in [2.05, 4.69) is 29.5 Å². The number of anilines is 1. The van der Waals surface area contributed by atoms with Crippen molar-refractivity contribution >= 4 is 23.4 Å². The molecule has 0 saturated carbocycles. The lowest BCUT2D eigenvalue weighted by Crippen LogP contribution is -2.44. The molecule has 130 valence electrons. The number of hydrogen-bond donors (Lipinski definition) is 2. The molecule has 0 fully saturated rings. The van der Waals surface area contributed by atoms with Crippen LogP contribution in [0.5, 0.6) is 0 Å². The summed E-state index contributed by atoms with van der Waals surface area (Å²) < 4.78 is 5.22. The summed E-state index contributed by atoms with van der Waals surface area (Å²) in [7, 11) is 0. The number of alkyl carbamates (subject to hydrolysis) is 1. The molecule has 2 amide bonds. The van der Waals surface area contributed by atoms with Gasteiger partial charge in [-0.1, -0.05) is 32.0 Å². The predicted octanol–water partition coefficient (Wildman–Crippen LogP) is 3.32. The van der Waals surface area contributed by atoms with Crippen molar-refractivity contribution in [3.05, 3.63) is 29.8 Å². The second kappa shape index (κ2) is 7.03. The minimum absolute atomic E-state index is 0.368. The minimum Gasteiger partial charge on any atom is -0.444 e. The maximum atomic E-state index is 12.4. The molecule has 2 rings (SSSR count). The Morgan fingerprint density at radius 2 is 2.00 bits per heavy atom. The monoisotopic (exact) mass is 331 g/mol. The second-order valence-corrected chi connectivity index (χ2v) is 7.26. The number of carbonyl (C=O) groups excluding carboxylic acids is 2. The van der Waals surface area contributed by atoms with E-state index in [1.54, 1.807) is 20.8 Å². The first-order valence-electron chi connectivity index (χ1n) is 8.12. The summed E-state index contributed by atoms with van der Waals surface area (Å²) in [5.41, 5.74) is 1.74. The molecule has 0 spiro atoms. The third-order valence-corrected chi connectivity index (χ3v) is 3.28. The normalized spacial score (nSPS) is 17.5. The minimum atomic E-state index is -1.01. The van der Waals surface area contributed by atoms with Crippen molar-refractivity contribution in [1.82, 2.24) is 5.32 Å². The van der Waals surface area contributed by atoms with Gasteiger partial charge in [0.2, 0.25) is 6.17 Å². The molecule has 1 atom stereocenters. The van der Waals surface area contributed by atoms with Gasteiger partial charge >= 0.3 is 6.09 Å². The molecule has 0 bridgehead atoms. The van der Waals surface area contributed by atoms with Gasteiger partial charge in [0.15, 0.2) is 0 Å². The molecule has 1 aromatic carbocycles. The summed E-state index contributed by atoms with van der Waals surface area (Å²) in [4.78, 5) is 28.9. The maximum Gasteiger partial charge on any atom is 0.409 e. The number of rotatable bonds is 3. The van der Waals surface area contributed by atoms with Gasteiger partial charge in [0.1, 0.15) is 5.60 Å². The fourth-order valence-electron chi connectivity index (χ4n) is 2.40. The molecule has 2 N–H and O–H groups in total. The SMILES string of the molecule is CC(C)CC1=N[C@H](NC(=O)OC(C)(C)C)C(=O)Nc2ccccc21. The highest BCUT2D eigenvalue weighted by molar-refractivity contribution is 6.12. The maximum absolute atomic E-state index is 12.4. The number of benzodiazepines with no additional fused rings is 1. The van der Waals surface area contributed by atoms with Gasteiger partial charge in [-0.15, -0.1) is 0 Å². The van der Waals surface area contributed by atoms with Gasteiger partial charge in [-0.05, 0) is 39.2 Å².